The zero-order valence-corrected chi connectivity index (χ0v) is 20.2. The van der Waals surface area contributed by atoms with Gasteiger partial charge in [-0.05, 0) is 41.8 Å². The van der Waals surface area contributed by atoms with Gasteiger partial charge < -0.3 is 0 Å². The third-order valence-electron chi connectivity index (χ3n) is 5.09. The Labute approximate surface area is 175 Å². The minimum atomic E-state index is 0.896. The first kappa shape index (κ1) is 26.7. The molecule has 0 atom stereocenters. The van der Waals surface area contributed by atoms with Crippen LogP contribution in [0.15, 0.2) is 0 Å². The van der Waals surface area contributed by atoms with Crippen LogP contribution in [-0.2, 0) is 0 Å². The van der Waals surface area contributed by atoms with E-state index >= 15 is 0 Å². The molecule has 0 aliphatic carbocycles. The maximum Gasteiger partial charge on any atom is -0.00339 e. The lowest BCUT2D eigenvalue weighted by molar-refractivity contribution is 0.586. The van der Waals surface area contributed by atoms with Crippen LogP contribution in [-0.4, -0.2) is 23.0 Å². The molecule has 0 nitrogen and oxygen atoms in total. The molecule has 0 radical (unpaired) electrons. The van der Waals surface area contributed by atoms with Crippen LogP contribution >= 0.6 is 23.5 Å². The first-order valence-electron chi connectivity index (χ1n) is 12.0. The third-order valence-corrected chi connectivity index (χ3v) is 7.85. The molecule has 0 rings (SSSR count). The van der Waals surface area contributed by atoms with E-state index in [4.69, 9.17) is 0 Å². The van der Waals surface area contributed by atoms with Crippen LogP contribution in [0, 0.1) is 5.92 Å². The van der Waals surface area contributed by atoms with Gasteiger partial charge >= 0.3 is 0 Å². The van der Waals surface area contributed by atoms with Gasteiger partial charge in [0.25, 0.3) is 0 Å². The van der Waals surface area contributed by atoms with E-state index in [1.807, 2.05) is 0 Å². The molecule has 0 saturated heterocycles. The van der Waals surface area contributed by atoms with Crippen molar-refractivity contribution in [2.24, 2.45) is 5.92 Å². The smallest absolute Gasteiger partial charge is 0.00339 e. The summed E-state index contributed by atoms with van der Waals surface area (Å²) in [7, 11) is 0. The zero-order chi connectivity index (χ0) is 19.1. The number of unbranched alkanes of at least 4 members (excludes halogenated alkanes) is 14. The van der Waals surface area contributed by atoms with Gasteiger partial charge in [-0.25, -0.2) is 0 Å². The lowest BCUT2D eigenvalue weighted by atomic mass is 10.1. The Kier molecular flexibility index (Phi) is 24.4. The molecular formula is C24H50S2. The summed E-state index contributed by atoms with van der Waals surface area (Å²) in [6.45, 7) is 7.04. The highest BCUT2D eigenvalue weighted by Crippen LogP contribution is 2.18. The van der Waals surface area contributed by atoms with Gasteiger partial charge in [-0.3, -0.25) is 0 Å². The average molecular weight is 403 g/mol. The SMILES string of the molecule is CCCCCCCCCCSCC(C)CSCCCCCCCCCC. The summed E-state index contributed by atoms with van der Waals surface area (Å²) >= 11 is 4.40. The fourth-order valence-electron chi connectivity index (χ4n) is 3.29. The van der Waals surface area contributed by atoms with Crippen molar-refractivity contribution in [1.82, 2.24) is 0 Å². The van der Waals surface area contributed by atoms with E-state index in [1.54, 1.807) is 0 Å². The first-order valence-corrected chi connectivity index (χ1v) is 14.3. The van der Waals surface area contributed by atoms with Crippen molar-refractivity contribution in [3.63, 3.8) is 0 Å². The Morgan fingerprint density at radius 1 is 0.462 bits per heavy atom. The van der Waals surface area contributed by atoms with Crippen molar-refractivity contribution in [3.8, 4) is 0 Å². The molecule has 0 fully saturated rings. The van der Waals surface area contributed by atoms with Gasteiger partial charge in [0.05, 0.1) is 0 Å². The molecule has 0 saturated carbocycles. The quantitative estimate of drug-likeness (QED) is 0.165. The number of rotatable bonds is 22. The third kappa shape index (κ3) is 22.7. The van der Waals surface area contributed by atoms with Gasteiger partial charge in [-0.15, -0.1) is 0 Å². The Morgan fingerprint density at radius 3 is 1.12 bits per heavy atom. The number of hydrogen-bond donors (Lipinski definition) is 0. The van der Waals surface area contributed by atoms with Crippen LogP contribution < -0.4 is 0 Å². The highest BCUT2D eigenvalue weighted by atomic mass is 32.2. The molecule has 0 heterocycles. The van der Waals surface area contributed by atoms with Crippen LogP contribution in [0.4, 0.5) is 0 Å². The molecule has 0 unspecified atom stereocenters. The zero-order valence-electron chi connectivity index (χ0n) is 18.5. The van der Waals surface area contributed by atoms with Crippen molar-refractivity contribution in [2.45, 2.75) is 124 Å². The predicted molar refractivity (Wildman–Crippen MR) is 129 cm³/mol. The topological polar surface area (TPSA) is 0 Å². The van der Waals surface area contributed by atoms with Gasteiger partial charge in [-0.1, -0.05) is 111 Å². The van der Waals surface area contributed by atoms with E-state index in [9.17, 15) is 0 Å². The van der Waals surface area contributed by atoms with Crippen molar-refractivity contribution < 1.29 is 0 Å². The van der Waals surface area contributed by atoms with E-state index < -0.39 is 0 Å². The summed E-state index contributed by atoms with van der Waals surface area (Å²) in [4.78, 5) is 0. The average Bonchev–Trinajstić information content (AvgIpc) is 2.64. The van der Waals surface area contributed by atoms with Crippen molar-refractivity contribution in [1.29, 1.82) is 0 Å². The molecule has 0 spiro atoms. The molecular weight excluding hydrogens is 352 g/mol. The molecule has 0 amide bonds. The molecule has 158 valence electrons. The van der Waals surface area contributed by atoms with Crippen LogP contribution in [0.25, 0.3) is 0 Å². The summed E-state index contributed by atoms with van der Waals surface area (Å²) in [5.74, 6) is 6.43. The summed E-state index contributed by atoms with van der Waals surface area (Å²) in [5, 5.41) is 0. The van der Waals surface area contributed by atoms with E-state index in [-0.39, 0.29) is 0 Å². The second-order valence-electron chi connectivity index (χ2n) is 8.20. The first-order chi connectivity index (χ1) is 12.8. The molecule has 2 heteroatoms. The molecule has 0 bridgehead atoms. The lowest BCUT2D eigenvalue weighted by Gasteiger charge is -2.10. The number of hydrogen-bond acceptors (Lipinski definition) is 2. The largest absolute Gasteiger partial charge is 0.162 e. The molecule has 0 aromatic carbocycles. The normalized spacial score (nSPS) is 11.5. The van der Waals surface area contributed by atoms with Crippen LogP contribution in [0.3, 0.4) is 0 Å². The highest BCUT2D eigenvalue weighted by Gasteiger charge is 2.02. The predicted octanol–water partition coefficient (Wildman–Crippen LogP) is 9.37. The Hall–Kier alpha value is 0.700. The standard InChI is InChI=1S/C24H50S2/c1-4-6-8-10-12-14-16-18-20-25-22-24(3)23-26-21-19-17-15-13-11-9-7-5-2/h24H,4-23H2,1-3H3. The van der Waals surface area contributed by atoms with Gasteiger partial charge in [0, 0.05) is 0 Å². The summed E-state index contributed by atoms with van der Waals surface area (Å²) in [5.41, 5.74) is 0. The molecule has 0 aromatic heterocycles. The van der Waals surface area contributed by atoms with Crippen LogP contribution in [0.2, 0.25) is 0 Å². The Bertz CT molecular complexity index is 218. The second-order valence-corrected chi connectivity index (χ2v) is 10.5. The molecule has 26 heavy (non-hydrogen) atoms. The monoisotopic (exact) mass is 402 g/mol. The van der Waals surface area contributed by atoms with Crippen molar-refractivity contribution in [3.05, 3.63) is 0 Å². The Balaban J connectivity index is 3.12. The lowest BCUT2D eigenvalue weighted by Crippen LogP contribution is -2.03. The summed E-state index contributed by atoms with van der Waals surface area (Å²) in [6, 6.07) is 0. The summed E-state index contributed by atoms with van der Waals surface area (Å²) in [6.07, 6.45) is 23.1. The second kappa shape index (κ2) is 23.7. The van der Waals surface area contributed by atoms with Gasteiger partial charge in [0.1, 0.15) is 0 Å². The van der Waals surface area contributed by atoms with Crippen molar-refractivity contribution in [2.75, 3.05) is 23.0 Å². The maximum atomic E-state index is 2.45. The highest BCUT2D eigenvalue weighted by molar-refractivity contribution is 8.00. The van der Waals surface area contributed by atoms with Gasteiger partial charge in [0.15, 0.2) is 0 Å². The summed E-state index contributed by atoms with van der Waals surface area (Å²) < 4.78 is 0. The van der Waals surface area contributed by atoms with Crippen molar-refractivity contribution >= 4 is 23.5 Å². The molecule has 0 aliphatic rings. The molecule has 0 N–H and O–H groups in total. The van der Waals surface area contributed by atoms with Crippen LogP contribution in [0.5, 0.6) is 0 Å². The van der Waals surface area contributed by atoms with E-state index in [1.165, 1.54) is 126 Å². The molecule has 0 aromatic rings. The van der Waals surface area contributed by atoms with Crippen LogP contribution in [0.1, 0.15) is 124 Å². The van der Waals surface area contributed by atoms with E-state index in [0.717, 1.165) is 5.92 Å². The van der Waals surface area contributed by atoms with Gasteiger partial charge in [-0.2, -0.15) is 23.5 Å². The van der Waals surface area contributed by atoms with E-state index in [2.05, 4.69) is 44.3 Å². The molecule has 0 aliphatic heterocycles. The van der Waals surface area contributed by atoms with Gasteiger partial charge in [0.2, 0.25) is 0 Å². The fraction of sp³-hybridized carbons (Fsp3) is 1.00. The maximum absolute atomic E-state index is 2.45. The Morgan fingerprint density at radius 2 is 0.769 bits per heavy atom. The van der Waals surface area contributed by atoms with E-state index in [0.29, 0.717) is 0 Å². The fourth-order valence-corrected chi connectivity index (χ4v) is 5.63. The minimum absolute atomic E-state index is 0.896. The number of thioether (sulfide) groups is 2. The minimum Gasteiger partial charge on any atom is -0.162 e.